The quantitative estimate of drug-likeness (QED) is 0.222. The number of carboxylic acids is 1. The summed E-state index contributed by atoms with van der Waals surface area (Å²) in [5.74, 6) is -2.44. The second kappa shape index (κ2) is 8.46. The molecule has 10 heteroatoms. The predicted octanol–water partition coefficient (Wildman–Crippen LogP) is -0.682. The van der Waals surface area contributed by atoms with Crippen LogP contribution < -0.4 is 11.1 Å². The normalized spacial score (nSPS) is 15.1. The van der Waals surface area contributed by atoms with E-state index < -0.39 is 49.4 Å². The lowest BCUT2D eigenvalue weighted by molar-refractivity contribution is -0.147. The standard InChI is InChI=1S/C15H22N3O6P/c1-10(16)25(23,24)9-15(14(21)22,18-13(20)12(17)8-19)7-11-5-3-2-4-6-11/h2-6,12,16,19,23-24H,7-9,17H2,1H3,(H-,18,20,21,22)/p+1/t12-,15?/m0/s1. The van der Waals surface area contributed by atoms with Gasteiger partial charge in [0.15, 0.2) is 11.7 Å². The van der Waals surface area contributed by atoms with Crippen molar-refractivity contribution in [1.82, 2.24) is 5.32 Å². The molecule has 138 valence electrons. The van der Waals surface area contributed by atoms with E-state index in [1.165, 1.54) is 0 Å². The van der Waals surface area contributed by atoms with E-state index in [1.807, 2.05) is 0 Å². The molecule has 0 bridgehead atoms. The summed E-state index contributed by atoms with van der Waals surface area (Å²) in [5.41, 5.74) is 3.40. The number of benzene rings is 1. The van der Waals surface area contributed by atoms with E-state index in [4.69, 9.17) is 16.2 Å². The Labute approximate surface area is 145 Å². The van der Waals surface area contributed by atoms with E-state index in [-0.39, 0.29) is 6.42 Å². The zero-order valence-corrected chi connectivity index (χ0v) is 14.6. The summed E-state index contributed by atoms with van der Waals surface area (Å²) in [5, 5.41) is 28.4. The number of aliphatic carboxylic acids is 1. The maximum atomic E-state index is 12.1. The van der Waals surface area contributed by atoms with Gasteiger partial charge >= 0.3 is 13.7 Å². The smallest absolute Gasteiger partial charge is 0.333 e. The van der Waals surface area contributed by atoms with Crippen molar-refractivity contribution in [3.63, 3.8) is 0 Å². The molecule has 2 atom stereocenters. The molecule has 0 saturated heterocycles. The molecule has 0 spiro atoms. The fourth-order valence-corrected chi connectivity index (χ4v) is 3.50. The molecular formula is C15H23N3O6P+. The fraction of sp³-hybridized carbons (Fsp3) is 0.400. The zero-order valence-electron chi connectivity index (χ0n) is 13.7. The first-order valence-electron chi connectivity index (χ1n) is 7.39. The van der Waals surface area contributed by atoms with Crippen molar-refractivity contribution in [2.75, 3.05) is 12.8 Å². The Morgan fingerprint density at radius 2 is 1.88 bits per heavy atom. The summed E-state index contributed by atoms with van der Waals surface area (Å²) in [6.07, 6.45) is -1.01. The lowest BCUT2D eigenvalue weighted by Crippen LogP contribution is -2.62. The highest BCUT2D eigenvalue weighted by Crippen LogP contribution is 2.53. The highest BCUT2D eigenvalue weighted by atomic mass is 31.2. The third-order valence-electron chi connectivity index (χ3n) is 3.68. The van der Waals surface area contributed by atoms with Crippen LogP contribution in [0.5, 0.6) is 0 Å². The number of rotatable bonds is 9. The Morgan fingerprint density at radius 3 is 2.32 bits per heavy atom. The minimum absolute atomic E-state index is 0.247. The maximum absolute atomic E-state index is 12.1. The van der Waals surface area contributed by atoms with Crippen LogP contribution in [0.15, 0.2) is 30.3 Å². The van der Waals surface area contributed by atoms with E-state index in [0.717, 1.165) is 6.92 Å². The van der Waals surface area contributed by atoms with Gasteiger partial charge in [0.2, 0.25) is 11.4 Å². The lowest BCUT2D eigenvalue weighted by Gasteiger charge is -2.32. The number of carbonyl (C=O) groups excluding carboxylic acids is 1. The van der Waals surface area contributed by atoms with Crippen LogP contribution in [0.4, 0.5) is 0 Å². The second-order valence-electron chi connectivity index (χ2n) is 5.80. The molecule has 0 aromatic heterocycles. The van der Waals surface area contributed by atoms with Crippen molar-refractivity contribution in [1.29, 1.82) is 5.41 Å². The SMILES string of the molecule is CC(=N)[P+](O)(O)CC(Cc1ccccc1)(NC(=O)[C@@H](N)CO)C(=O)O. The highest BCUT2D eigenvalue weighted by molar-refractivity contribution is 7.81. The van der Waals surface area contributed by atoms with E-state index in [9.17, 15) is 24.5 Å². The second-order valence-corrected chi connectivity index (χ2v) is 8.25. The van der Waals surface area contributed by atoms with Gasteiger partial charge in [-0.1, -0.05) is 30.3 Å². The maximum Gasteiger partial charge on any atom is 0.333 e. The molecular weight excluding hydrogens is 349 g/mol. The summed E-state index contributed by atoms with van der Waals surface area (Å²) < 4.78 is 0. The number of aliphatic hydroxyl groups is 1. The summed E-state index contributed by atoms with van der Waals surface area (Å²) in [7, 11) is -4.04. The van der Waals surface area contributed by atoms with Crippen molar-refractivity contribution < 1.29 is 29.6 Å². The predicted molar refractivity (Wildman–Crippen MR) is 93.3 cm³/mol. The van der Waals surface area contributed by atoms with Gasteiger partial charge in [0.1, 0.15) is 6.04 Å². The Morgan fingerprint density at radius 1 is 1.32 bits per heavy atom. The van der Waals surface area contributed by atoms with Crippen LogP contribution >= 0.6 is 7.72 Å². The molecule has 0 aliphatic heterocycles. The molecule has 1 aromatic carbocycles. The number of amides is 1. The first kappa shape index (κ1) is 21.1. The van der Waals surface area contributed by atoms with Crippen molar-refractivity contribution >= 4 is 25.0 Å². The van der Waals surface area contributed by atoms with Gasteiger partial charge in [-0.3, -0.25) is 10.2 Å². The van der Waals surface area contributed by atoms with Crippen LogP contribution in [0.3, 0.4) is 0 Å². The third kappa shape index (κ3) is 5.55. The first-order chi connectivity index (χ1) is 11.5. The molecule has 8 N–H and O–H groups in total. The lowest BCUT2D eigenvalue weighted by atomic mass is 9.92. The van der Waals surface area contributed by atoms with Gasteiger partial charge in [0.05, 0.1) is 6.61 Å². The first-order valence-corrected chi connectivity index (χ1v) is 9.27. The Hall–Kier alpha value is -1.90. The molecule has 0 saturated carbocycles. The minimum atomic E-state index is -4.04. The molecule has 25 heavy (non-hydrogen) atoms. The Kier molecular flexibility index (Phi) is 7.16. The molecule has 0 fully saturated rings. The van der Waals surface area contributed by atoms with Gasteiger partial charge in [-0.2, -0.15) is 0 Å². The van der Waals surface area contributed by atoms with E-state index in [1.54, 1.807) is 30.3 Å². The van der Waals surface area contributed by atoms with Gasteiger partial charge in [-0.25, -0.2) is 14.6 Å². The van der Waals surface area contributed by atoms with E-state index in [2.05, 4.69) is 5.32 Å². The van der Waals surface area contributed by atoms with Gasteiger partial charge in [-0.05, 0) is 5.56 Å². The average molecular weight is 372 g/mol. The summed E-state index contributed by atoms with van der Waals surface area (Å²) in [6, 6.07) is 6.96. The Bertz CT molecular complexity index is 639. The molecule has 0 radical (unpaired) electrons. The largest absolute Gasteiger partial charge is 0.479 e. The summed E-state index contributed by atoms with van der Waals surface area (Å²) >= 11 is 0. The number of hydrogen-bond donors (Lipinski definition) is 7. The number of nitrogens with one attached hydrogen (secondary N) is 2. The van der Waals surface area contributed by atoms with Gasteiger partial charge < -0.3 is 21.3 Å². The molecule has 1 unspecified atom stereocenters. The van der Waals surface area contributed by atoms with Crippen molar-refractivity contribution in [2.45, 2.75) is 24.9 Å². The summed E-state index contributed by atoms with van der Waals surface area (Å²) in [6.45, 7) is 0.458. The highest BCUT2D eigenvalue weighted by Gasteiger charge is 2.53. The molecule has 9 nitrogen and oxygen atoms in total. The van der Waals surface area contributed by atoms with Crippen molar-refractivity contribution in [3.05, 3.63) is 35.9 Å². The van der Waals surface area contributed by atoms with Crippen LogP contribution in [0.2, 0.25) is 0 Å². The van der Waals surface area contributed by atoms with Crippen LogP contribution in [-0.4, -0.2) is 61.7 Å². The molecule has 0 aliphatic rings. The van der Waals surface area contributed by atoms with Crippen molar-refractivity contribution in [3.8, 4) is 0 Å². The van der Waals surface area contributed by atoms with Gasteiger partial charge in [0, 0.05) is 13.3 Å². The fourth-order valence-electron chi connectivity index (χ4n) is 2.19. The van der Waals surface area contributed by atoms with E-state index >= 15 is 0 Å². The number of carbonyl (C=O) groups is 2. The summed E-state index contributed by atoms with van der Waals surface area (Å²) in [4.78, 5) is 44.3. The number of aliphatic hydroxyl groups excluding tert-OH is 1. The topological polar surface area (TPSA) is 177 Å². The Balaban J connectivity index is 3.31. The molecule has 0 aliphatic carbocycles. The number of hydrogen-bond acceptors (Lipinski definition) is 7. The van der Waals surface area contributed by atoms with Gasteiger partial charge in [-0.15, -0.1) is 0 Å². The minimum Gasteiger partial charge on any atom is -0.479 e. The van der Waals surface area contributed by atoms with Gasteiger partial charge in [0.25, 0.3) is 0 Å². The zero-order chi connectivity index (χ0) is 19.3. The van der Waals surface area contributed by atoms with Crippen LogP contribution in [0.25, 0.3) is 0 Å². The molecule has 1 amide bonds. The number of nitrogens with two attached hydrogens (primary N) is 1. The monoisotopic (exact) mass is 372 g/mol. The van der Waals surface area contributed by atoms with E-state index in [0.29, 0.717) is 5.56 Å². The van der Waals surface area contributed by atoms with Crippen molar-refractivity contribution in [2.24, 2.45) is 5.73 Å². The number of carboxylic acid groups (broad SMARTS) is 1. The van der Waals surface area contributed by atoms with Crippen LogP contribution in [0, 0.1) is 5.41 Å². The van der Waals surface area contributed by atoms with Crippen LogP contribution in [-0.2, 0) is 16.0 Å². The molecule has 0 heterocycles. The van der Waals surface area contributed by atoms with Crippen LogP contribution in [0.1, 0.15) is 12.5 Å². The molecule has 1 aromatic rings. The average Bonchev–Trinajstić information content (AvgIpc) is 2.54. The molecule has 1 rings (SSSR count). The third-order valence-corrected chi connectivity index (χ3v) is 5.74.